The first kappa shape index (κ1) is 68.6. The fourth-order valence-corrected chi connectivity index (χ4v) is 9.42. The molecule has 0 bridgehead atoms. The molecule has 2 atom stereocenters. The van der Waals surface area contributed by atoms with E-state index in [1.54, 1.807) is 6.08 Å². The molecule has 0 aliphatic carbocycles. The summed E-state index contributed by atoms with van der Waals surface area (Å²) in [5, 5.41) is 23.2. The zero-order chi connectivity index (χ0) is 51.3. The van der Waals surface area contributed by atoms with E-state index in [1.807, 2.05) is 6.08 Å². The van der Waals surface area contributed by atoms with Gasteiger partial charge in [0, 0.05) is 6.42 Å². The van der Waals surface area contributed by atoms with Gasteiger partial charge in [0.25, 0.3) is 0 Å². The third kappa shape index (κ3) is 58.3. The minimum Gasteiger partial charge on any atom is -0.394 e. The van der Waals surface area contributed by atoms with Crippen molar-refractivity contribution >= 4 is 5.91 Å². The summed E-state index contributed by atoms with van der Waals surface area (Å²) in [7, 11) is 0. The predicted molar refractivity (Wildman–Crippen MR) is 317 cm³/mol. The molecule has 0 spiro atoms. The fourth-order valence-electron chi connectivity index (χ4n) is 9.42. The number of aliphatic hydroxyl groups is 2. The van der Waals surface area contributed by atoms with Crippen molar-refractivity contribution in [3.63, 3.8) is 0 Å². The van der Waals surface area contributed by atoms with Crippen LogP contribution in [0.5, 0.6) is 0 Å². The molecule has 0 aromatic heterocycles. The van der Waals surface area contributed by atoms with Gasteiger partial charge >= 0.3 is 0 Å². The zero-order valence-corrected chi connectivity index (χ0v) is 47.5. The summed E-state index contributed by atoms with van der Waals surface area (Å²) in [6.07, 6.45) is 90.6. The highest BCUT2D eigenvalue weighted by atomic mass is 16.3. The summed E-state index contributed by atoms with van der Waals surface area (Å²) in [6, 6.07) is -0.634. The monoisotopic (exact) mass is 988 g/mol. The van der Waals surface area contributed by atoms with Crippen LogP contribution >= 0.6 is 0 Å². The molecule has 412 valence electrons. The zero-order valence-electron chi connectivity index (χ0n) is 47.5. The van der Waals surface area contributed by atoms with E-state index in [4.69, 9.17) is 0 Å². The third-order valence-electron chi connectivity index (χ3n) is 14.1. The normalized spacial score (nSPS) is 13.4. The Morgan fingerprint density at radius 3 is 0.930 bits per heavy atom. The molecule has 0 radical (unpaired) electrons. The summed E-state index contributed by atoms with van der Waals surface area (Å²) >= 11 is 0. The van der Waals surface area contributed by atoms with E-state index in [9.17, 15) is 15.0 Å². The number of allylic oxidation sites excluding steroid dienone is 13. The second kappa shape index (κ2) is 61.9. The number of amides is 1. The van der Waals surface area contributed by atoms with Gasteiger partial charge in [0.15, 0.2) is 0 Å². The lowest BCUT2D eigenvalue weighted by atomic mass is 10.0. The van der Waals surface area contributed by atoms with Crippen LogP contribution in [0.4, 0.5) is 0 Å². The molecule has 71 heavy (non-hydrogen) atoms. The topological polar surface area (TPSA) is 69.6 Å². The van der Waals surface area contributed by atoms with Crippen molar-refractivity contribution in [3.05, 3.63) is 85.1 Å². The van der Waals surface area contributed by atoms with E-state index in [0.717, 1.165) is 70.6 Å². The quantitative estimate of drug-likeness (QED) is 0.0420. The fraction of sp³-hybridized carbons (Fsp3) is 0.776. The molecule has 0 aromatic rings. The Morgan fingerprint density at radius 2 is 0.620 bits per heavy atom. The minimum atomic E-state index is -0.850. The first-order valence-electron chi connectivity index (χ1n) is 31.3. The summed E-state index contributed by atoms with van der Waals surface area (Å²) in [5.74, 6) is -0.0723. The van der Waals surface area contributed by atoms with Crippen molar-refractivity contribution in [3.8, 4) is 0 Å². The SMILES string of the molecule is CC/C=C\C/C=C\C/C=C\C/C=C\C/C=C\C/C=C\CCCCCCCCCCC(=O)NC(CO)C(O)/C=C/CCCCCCCCCCCCCCCCCCCCCCCCCCCCCCCC. The van der Waals surface area contributed by atoms with Crippen LogP contribution in [0.3, 0.4) is 0 Å². The molecule has 4 heteroatoms. The largest absolute Gasteiger partial charge is 0.394 e. The minimum absolute atomic E-state index is 0.0723. The second-order valence-corrected chi connectivity index (χ2v) is 21.1. The van der Waals surface area contributed by atoms with Crippen molar-refractivity contribution in [2.75, 3.05) is 6.61 Å². The number of hydrogen-bond acceptors (Lipinski definition) is 3. The maximum absolute atomic E-state index is 12.5. The molecule has 1 amide bonds. The standard InChI is InChI=1S/C67H121NO3/c1-3-5-7-9-11-13-15-17-19-21-23-25-27-29-31-32-33-34-35-37-38-40-42-44-46-48-50-52-54-56-58-60-62-66(70)65(64-69)68-67(71)63-61-59-57-55-53-51-49-47-45-43-41-39-36-30-28-26-24-22-20-18-16-14-12-10-8-6-4-2/h6,8,12,14,18,20,24,26,30,36,41,43,60,62,65-66,69-70H,3-5,7,9-11,13,15-17,19,21-23,25,27-29,31-35,37-40,42,44-59,61,63-64H2,1-2H3,(H,68,71)/b8-6-,14-12-,20-18-,26-24-,36-30-,43-41-,62-60+. The molecule has 2 unspecified atom stereocenters. The van der Waals surface area contributed by atoms with Gasteiger partial charge in [-0.3, -0.25) is 4.79 Å². The average Bonchev–Trinajstić information content (AvgIpc) is 3.37. The number of nitrogens with one attached hydrogen (secondary N) is 1. The molecule has 3 N–H and O–H groups in total. The maximum Gasteiger partial charge on any atom is 0.220 e. The van der Waals surface area contributed by atoms with Gasteiger partial charge in [-0.15, -0.1) is 0 Å². The molecule has 0 rings (SSSR count). The summed E-state index contributed by atoms with van der Waals surface area (Å²) in [6.45, 7) is 4.22. The highest BCUT2D eigenvalue weighted by molar-refractivity contribution is 5.76. The second-order valence-electron chi connectivity index (χ2n) is 21.1. The van der Waals surface area contributed by atoms with Crippen LogP contribution in [0.15, 0.2) is 85.1 Å². The Bertz CT molecular complexity index is 1260. The Labute approximate surface area is 443 Å². The average molecular weight is 989 g/mol. The lowest BCUT2D eigenvalue weighted by Gasteiger charge is -2.20. The van der Waals surface area contributed by atoms with Gasteiger partial charge in [0.1, 0.15) is 0 Å². The van der Waals surface area contributed by atoms with Crippen LogP contribution in [0.2, 0.25) is 0 Å². The van der Waals surface area contributed by atoms with Crippen molar-refractivity contribution in [1.82, 2.24) is 5.32 Å². The highest BCUT2D eigenvalue weighted by Crippen LogP contribution is 2.18. The van der Waals surface area contributed by atoms with E-state index in [-0.39, 0.29) is 12.5 Å². The van der Waals surface area contributed by atoms with E-state index < -0.39 is 12.1 Å². The van der Waals surface area contributed by atoms with E-state index in [0.29, 0.717) is 6.42 Å². The smallest absolute Gasteiger partial charge is 0.220 e. The number of aliphatic hydroxyl groups excluding tert-OH is 2. The molecule has 0 aliphatic heterocycles. The van der Waals surface area contributed by atoms with Crippen LogP contribution < -0.4 is 5.32 Å². The van der Waals surface area contributed by atoms with Crippen LogP contribution in [0.1, 0.15) is 316 Å². The van der Waals surface area contributed by atoms with Crippen LogP contribution in [0, 0.1) is 0 Å². The van der Waals surface area contributed by atoms with Gasteiger partial charge in [-0.1, -0.05) is 324 Å². The summed E-state index contributed by atoms with van der Waals surface area (Å²) in [5.41, 5.74) is 0. The van der Waals surface area contributed by atoms with Gasteiger partial charge in [-0.25, -0.2) is 0 Å². The van der Waals surface area contributed by atoms with Gasteiger partial charge in [0.05, 0.1) is 18.8 Å². The van der Waals surface area contributed by atoms with Crippen LogP contribution in [-0.2, 0) is 4.79 Å². The van der Waals surface area contributed by atoms with Gasteiger partial charge in [-0.05, 0) is 70.6 Å². The Balaban J connectivity index is 3.51. The van der Waals surface area contributed by atoms with Gasteiger partial charge in [-0.2, -0.15) is 0 Å². The molecule has 0 saturated heterocycles. The first-order valence-corrected chi connectivity index (χ1v) is 31.3. The first-order chi connectivity index (χ1) is 35.2. The molecule has 0 aromatic carbocycles. The van der Waals surface area contributed by atoms with Crippen LogP contribution in [0.25, 0.3) is 0 Å². The number of carbonyl (C=O) groups is 1. The number of rotatable bonds is 57. The summed E-state index contributed by atoms with van der Waals surface area (Å²) in [4.78, 5) is 12.5. The predicted octanol–water partition coefficient (Wildman–Crippen LogP) is 21.1. The molecule has 0 fully saturated rings. The van der Waals surface area contributed by atoms with Crippen LogP contribution in [-0.4, -0.2) is 34.9 Å². The van der Waals surface area contributed by atoms with Crippen molar-refractivity contribution in [2.24, 2.45) is 0 Å². The third-order valence-corrected chi connectivity index (χ3v) is 14.1. The number of unbranched alkanes of at least 4 members (excludes halogenated alkanes) is 38. The number of carbonyl (C=O) groups excluding carboxylic acids is 1. The van der Waals surface area contributed by atoms with Crippen molar-refractivity contribution in [1.29, 1.82) is 0 Å². The molecule has 0 saturated carbocycles. The Kier molecular flexibility index (Phi) is 59.8. The maximum atomic E-state index is 12.5. The van der Waals surface area contributed by atoms with E-state index >= 15 is 0 Å². The molecule has 0 heterocycles. The Morgan fingerprint density at radius 1 is 0.352 bits per heavy atom. The molecule has 4 nitrogen and oxygen atoms in total. The van der Waals surface area contributed by atoms with Gasteiger partial charge < -0.3 is 15.5 Å². The lowest BCUT2D eigenvalue weighted by molar-refractivity contribution is -0.123. The number of hydrogen-bond donors (Lipinski definition) is 3. The van der Waals surface area contributed by atoms with E-state index in [1.165, 1.54) is 225 Å². The van der Waals surface area contributed by atoms with Crippen molar-refractivity contribution in [2.45, 2.75) is 328 Å². The summed E-state index contributed by atoms with van der Waals surface area (Å²) < 4.78 is 0. The lowest BCUT2D eigenvalue weighted by Crippen LogP contribution is -2.45. The highest BCUT2D eigenvalue weighted by Gasteiger charge is 2.18. The molecular weight excluding hydrogens is 867 g/mol. The Hall–Kier alpha value is -2.43. The molecule has 0 aliphatic rings. The molecular formula is C67H121NO3. The van der Waals surface area contributed by atoms with E-state index in [2.05, 4.69) is 92.1 Å². The van der Waals surface area contributed by atoms with Gasteiger partial charge in [0.2, 0.25) is 5.91 Å². The van der Waals surface area contributed by atoms with Crippen molar-refractivity contribution < 1.29 is 15.0 Å².